The number of carbonyl (C=O) groups excluding carboxylic acids is 1. The van der Waals surface area contributed by atoms with Gasteiger partial charge in [0.2, 0.25) is 12.7 Å². The molecule has 1 amide bonds. The molecule has 0 N–H and O–H groups in total. The highest BCUT2D eigenvalue weighted by molar-refractivity contribution is 5.76. The Hall–Kier alpha value is -2.49. The van der Waals surface area contributed by atoms with Crippen molar-refractivity contribution >= 4 is 5.91 Å². The van der Waals surface area contributed by atoms with Gasteiger partial charge in [0.15, 0.2) is 11.5 Å². The Morgan fingerprint density at radius 3 is 2.54 bits per heavy atom. The third kappa shape index (κ3) is 4.86. The van der Waals surface area contributed by atoms with Gasteiger partial charge in [-0.3, -0.25) is 4.79 Å². The highest BCUT2D eigenvalue weighted by atomic mass is 16.7. The van der Waals surface area contributed by atoms with Crippen LogP contribution in [0.25, 0.3) is 0 Å². The van der Waals surface area contributed by atoms with Crippen molar-refractivity contribution in [3.63, 3.8) is 0 Å². The van der Waals surface area contributed by atoms with E-state index < -0.39 is 0 Å². The summed E-state index contributed by atoms with van der Waals surface area (Å²) >= 11 is 0. The van der Waals surface area contributed by atoms with E-state index in [0.717, 1.165) is 30.0 Å². The first-order chi connectivity index (χ1) is 13.8. The lowest BCUT2D eigenvalue weighted by atomic mass is 9.88. The van der Waals surface area contributed by atoms with Crippen LogP contribution in [0.3, 0.4) is 0 Å². The van der Waals surface area contributed by atoms with Gasteiger partial charge in [-0.15, -0.1) is 0 Å². The smallest absolute Gasteiger partial charge is 0.231 e. The molecule has 0 spiro atoms. The lowest BCUT2D eigenvalue weighted by molar-refractivity contribution is -0.132. The highest BCUT2D eigenvalue weighted by Gasteiger charge is 2.21. The van der Waals surface area contributed by atoms with Crippen LogP contribution in [0.2, 0.25) is 0 Å². The van der Waals surface area contributed by atoms with Crippen molar-refractivity contribution in [2.24, 2.45) is 5.92 Å². The molecule has 148 valence electrons. The zero-order chi connectivity index (χ0) is 19.2. The maximum Gasteiger partial charge on any atom is 0.231 e. The standard InChI is InChI=1S/C24H29NO3/c26-24(14-12-19-11-13-22-23(15-19)28-18-27-22)25(16-20-7-3-1-4-8-20)17-21-9-5-2-6-10-21/h1,3-4,7-8,11,13,15,21H,2,5-6,9-10,12,14,16-18H2. The fourth-order valence-corrected chi connectivity index (χ4v) is 4.25. The monoisotopic (exact) mass is 379 g/mol. The Bertz CT molecular complexity index is 784. The second-order valence-electron chi connectivity index (χ2n) is 7.95. The summed E-state index contributed by atoms with van der Waals surface area (Å²) in [6.07, 6.45) is 7.70. The van der Waals surface area contributed by atoms with Gasteiger partial charge in [0.05, 0.1) is 0 Å². The molecule has 0 bridgehead atoms. The van der Waals surface area contributed by atoms with Crippen LogP contribution in [0.4, 0.5) is 0 Å². The van der Waals surface area contributed by atoms with Crippen LogP contribution in [-0.2, 0) is 17.8 Å². The van der Waals surface area contributed by atoms with E-state index in [1.807, 2.05) is 36.4 Å². The Morgan fingerprint density at radius 1 is 0.929 bits per heavy atom. The van der Waals surface area contributed by atoms with E-state index in [4.69, 9.17) is 9.47 Å². The first kappa shape index (κ1) is 18.9. The molecule has 0 atom stereocenters. The molecule has 4 heteroatoms. The van der Waals surface area contributed by atoms with Gasteiger partial charge in [-0.2, -0.15) is 0 Å². The predicted molar refractivity (Wildman–Crippen MR) is 109 cm³/mol. The largest absolute Gasteiger partial charge is 0.454 e. The molecule has 2 aromatic rings. The van der Waals surface area contributed by atoms with E-state index in [-0.39, 0.29) is 12.7 Å². The zero-order valence-electron chi connectivity index (χ0n) is 16.4. The average Bonchev–Trinajstić information content (AvgIpc) is 3.21. The van der Waals surface area contributed by atoms with E-state index in [1.165, 1.54) is 37.7 Å². The van der Waals surface area contributed by atoms with Gasteiger partial charge in [0, 0.05) is 19.5 Å². The summed E-state index contributed by atoms with van der Waals surface area (Å²) in [5, 5.41) is 0. The molecule has 0 radical (unpaired) electrons. The molecular formula is C24H29NO3. The Labute approximate surface area is 167 Å². The number of hydrogen-bond donors (Lipinski definition) is 0. The van der Waals surface area contributed by atoms with E-state index in [0.29, 0.717) is 18.9 Å². The van der Waals surface area contributed by atoms with E-state index in [1.54, 1.807) is 0 Å². The summed E-state index contributed by atoms with van der Waals surface area (Å²) in [6.45, 7) is 1.87. The molecule has 28 heavy (non-hydrogen) atoms. The van der Waals surface area contributed by atoms with Gasteiger partial charge in [0.1, 0.15) is 0 Å². The molecular weight excluding hydrogens is 350 g/mol. The molecule has 1 aliphatic carbocycles. The molecule has 4 nitrogen and oxygen atoms in total. The van der Waals surface area contributed by atoms with Gasteiger partial charge in [-0.25, -0.2) is 0 Å². The first-order valence-corrected chi connectivity index (χ1v) is 10.5. The summed E-state index contributed by atoms with van der Waals surface area (Å²) in [5.41, 5.74) is 2.32. The number of benzene rings is 2. The Morgan fingerprint density at radius 2 is 1.71 bits per heavy atom. The number of carbonyl (C=O) groups is 1. The van der Waals surface area contributed by atoms with Crippen LogP contribution < -0.4 is 9.47 Å². The summed E-state index contributed by atoms with van der Waals surface area (Å²) in [4.78, 5) is 15.2. The van der Waals surface area contributed by atoms with Crippen molar-refractivity contribution < 1.29 is 14.3 Å². The Balaban J connectivity index is 1.39. The highest BCUT2D eigenvalue weighted by Crippen LogP contribution is 2.33. The summed E-state index contributed by atoms with van der Waals surface area (Å²) < 4.78 is 10.8. The lowest BCUT2D eigenvalue weighted by Gasteiger charge is -2.30. The molecule has 1 heterocycles. The number of aryl methyl sites for hydroxylation is 1. The summed E-state index contributed by atoms with van der Waals surface area (Å²) in [7, 11) is 0. The minimum absolute atomic E-state index is 0.243. The third-order valence-corrected chi connectivity index (χ3v) is 5.84. The van der Waals surface area contributed by atoms with Crippen molar-refractivity contribution in [3.05, 3.63) is 59.7 Å². The van der Waals surface area contributed by atoms with Crippen LogP contribution in [0.5, 0.6) is 11.5 Å². The van der Waals surface area contributed by atoms with Crippen molar-refractivity contribution in [2.75, 3.05) is 13.3 Å². The fourth-order valence-electron chi connectivity index (χ4n) is 4.25. The molecule has 1 saturated carbocycles. The molecule has 1 fully saturated rings. The van der Waals surface area contributed by atoms with Crippen LogP contribution in [-0.4, -0.2) is 24.1 Å². The number of hydrogen-bond acceptors (Lipinski definition) is 3. The molecule has 0 unspecified atom stereocenters. The van der Waals surface area contributed by atoms with Gasteiger partial charge in [0.25, 0.3) is 0 Å². The molecule has 0 saturated heterocycles. The maximum absolute atomic E-state index is 13.1. The van der Waals surface area contributed by atoms with Gasteiger partial charge in [-0.1, -0.05) is 55.7 Å². The minimum atomic E-state index is 0.243. The van der Waals surface area contributed by atoms with Crippen molar-refractivity contribution in [3.8, 4) is 11.5 Å². The van der Waals surface area contributed by atoms with Crippen molar-refractivity contribution in [1.29, 1.82) is 0 Å². The summed E-state index contributed by atoms with van der Waals surface area (Å²) in [5.74, 6) is 2.46. The molecule has 0 aromatic heterocycles. The number of amides is 1. The van der Waals surface area contributed by atoms with E-state index in [9.17, 15) is 4.79 Å². The van der Waals surface area contributed by atoms with Crippen molar-refractivity contribution in [2.45, 2.75) is 51.5 Å². The predicted octanol–water partition coefficient (Wildman–Crippen LogP) is 4.96. The van der Waals surface area contributed by atoms with Crippen LogP contribution in [0.1, 0.15) is 49.7 Å². The molecule has 2 aliphatic rings. The van der Waals surface area contributed by atoms with Crippen LogP contribution >= 0.6 is 0 Å². The number of rotatable bonds is 7. The minimum Gasteiger partial charge on any atom is -0.454 e. The van der Waals surface area contributed by atoms with E-state index in [2.05, 4.69) is 17.0 Å². The second-order valence-corrected chi connectivity index (χ2v) is 7.95. The SMILES string of the molecule is O=C(CCc1ccc2c(c1)OCO2)N(Cc1ccccc1)CC1CCCCC1. The maximum atomic E-state index is 13.1. The van der Waals surface area contributed by atoms with Gasteiger partial charge in [-0.05, 0) is 48.4 Å². The lowest BCUT2D eigenvalue weighted by Crippen LogP contribution is -2.35. The molecule has 4 rings (SSSR count). The average molecular weight is 380 g/mol. The number of ether oxygens (including phenoxy) is 2. The first-order valence-electron chi connectivity index (χ1n) is 10.5. The molecule has 1 aliphatic heterocycles. The van der Waals surface area contributed by atoms with E-state index >= 15 is 0 Å². The van der Waals surface area contributed by atoms with Crippen LogP contribution in [0, 0.1) is 5.92 Å². The molecule has 2 aromatic carbocycles. The van der Waals surface area contributed by atoms with Crippen molar-refractivity contribution in [1.82, 2.24) is 4.90 Å². The normalized spacial score (nSPS) is 16.1. The number of nitrogens with zero attached hydrogens (tertiary/aromatic N) is 1. The third-order valence-electron chi connectivity index (χ3n) is 5.84. The van der Waals surface area contributed by atoms with Gasteiger partial charge < -0.3 is 14.4 Å². The number of fused-ring (bicyclic) bond motifs is 1. The topological polar surface area (TPSA) is 38.8 Å². The van der Waals surface area contributed by atoms with Crippen LogP contribution in [0.15, 0.2) is 48.5 Å². The zero-order valence-corrected chi connectivity index (χ0v) is 16.4. The Kier molecular flexibility index (Phi) is 6.15. The quantitative estimate of drug-likeness (QED) is 0.683. The van der Waals surface area contributed by atoms with Gasteiger partial charge >= 0.3 is 0 Å². The fraction of sp³-hybridized carbons (Fsp3) is 0.458. The second kappa shape index (κ2) is 9.13. The summed E-state index contributed by atoms with van der Waals surface area (Å²) in [6, 6.07) is 16.3.